The maximum Gasteiger partial charge on any atom is 0.407 e. The molecule has 1 saturated heterocycles. The first-order valence-corrected chi connectivity index (χ1v) is 9.39. The molecule has 0 aliphatic carbocycles. The molecule has 1 aliphatic rings. The van der Waals surface area contributed by atoms with Gasteiger partial charge in [-0.3, -0.25) is 14.5 Å². The normalized spacial score (nSPS) is 18.4. The number of esters is 2. The molecule has 0 aromatic carbocycles. The van der Waals surface area contributed by atoms with Crippen LogP contribution >= 0.6 is 0 Å². The van der Waals surface area contributed by atoms with Gasteiger partial charge in [0, 0.05) is 6.54 Å². The van der Waals surface area contributed by atoms with Crippen LogP contribution in [0.5, 0.6) is 0 Å². The third-order valence-corrected chi connectivity index (χ3v) is 3.57. The summed E-state index contributed by atoms with van der Waals surface area (Å²) in [5.41, 5.74) is 4.46. The molecule has 2 atom stereocenters. The molecule has 0 radical (unpaired) electrons. The van der Waals surface area contributed by atoms with Crippen LogP contribution in [0.1, 0.15) is 54.4 Å². The van der Waals surface area contributed by atoms with E-state index in [1.54, 1.807) is 20.8 Å². The Hall–Kier alpha value is -1.87. The molecule has 28 heavy (non-hydrogen) atoms. The lowest BCUT2D eigenvalue weighted by atomic mass is 10.1. The zero-order chi connectivity index (χ0) is 22.1. The van der Waals surface area contributed by atoms with Gasteiger partial charge in [-0.2, -0.15) is 0 Å². The van der Waals surface area contributed by atoms with Crippen molar-refractivity contribution in [2.24, 2.45) is 5.73 Å². The van der Waals surface area contributed by atoms with Gasteiger partial charge < -0.3 is 25.3 Å². The van der Waals surface area contributed by atoms with Crippen LogP contribution in [0.4, 0.5) is 4.79 Å². The monoisotopic (exact) mass is 403 g/mol. The van der Waals surface area contributed by atoms with E-state index < -0.39 is 23.7 Å². The fourth-order valence-electron chi connectivity index (χ4n) is 2.32. The van der Waals surface area contributed by atoms with Crippen LogP contribution in [0.15, 0.2) is 0 Å². The van der Waals surface area contributed by atoms with Crippen molar-refractivity contribution in [3.05, 3.63) is 0 Å². The fourth-order valence-corrected chi connectivity index (χ4v) is 2.32. The van der Waals surface area contributed by atoms with Gasteiger partial charge in [-0.1, -0.05) is 0 Å². The average molecular weight is 404 g/mol. The molecule has 2 unspecified atom stereocenters. The number of amides is 1. The minimum atomic E-state index is -0.873. The van der Waals surface area contributed by atoms with Gasteiger partial charge in [0.2, 0.25) is 0 Å². The maximum atomic E-state index is 11.6. The topological polar surface area (TPSA) is 120 Å². The number of carbonyl (C=O) groups is 3. The minimum Gasteiger partial charge on any atom is -0.468 e. The summed E-state index contributed by atoms with van der Waals surface area (Å²) in [6, 6.07) is -0.887. The van der Waals surface area contributed by atoms with Crippen LogP contribution in [0, 0.1) is 0 Å². The Labute approximate surface area is 168 Å². The predicted molar refractivity (Wildman–Crippen MR) is 106 cm³/mol. The summed E-state index contributed by atoms with van der Waals surface area (Å²) in [5, 5.41) is 2.37. The molecule has 3 N–H and O–H groups in total. The van der Waals surface area contributed by atoms with Crippen molar-refractivity contribution in [1.29, 1.82) is 0 Å². The highest BCUT2D eigenvalue weighted by Crippen LogP contribution is 2.18. The van der Waals surface area contributed by atoms with Gasteiger partial charge in [0.05, 0.1) is 7.11 Å². The van der Waals surface area contributed by atoms with Crippen LogP contribution in [0.2, 0.25) is 0 Å². The summed E-state index contributed by atoms with van der Waals surface area (Å²) in [5.74, 6) is -0.654. The quantitative estimate of drug-likeness (QED) is 0.534. The van der Waals surface area contributed by atoms with Gasteiger partial charge >= 0.3 is 18.0 Å². The molecule has 0 bridgehead atoms. The summed E-state index contributed by atoms with van der Waals surface area (Å²) in [7, 11) is 3.21. The van der Waals surface area contributed by atoms with E-state index in [1.165, 1.54) is 7.11 Å². The van der Waals surface area contributed by atoms with Crippen molar-refractivity contribution in [1.82, 2.24) is 10.2 Å². The Morgan fingerprint density at radius 1 is 1.11 bits per heavy atom. The Morgan fingerprint density at radius 2 is 1.64 bits per heavy atom. The molecule has 1 rings (SSSR count). The van der Waals surface area contributed by atoms with E-state index >= 15 is 0 Å². The second-order valence-corrected chi connectivity index (χ2v) is 8.68. The lowest BCUT2D eigenvalue weighted by molar-refractivity contribution is -0.159. The lowest BCUT2D eigenvalue weighted by Crippen LogP contribution is -2.44. The number of methoxy groups -OCH3 is 1. The van der Waals surface area contributed by atoms with Gasteiger partial charge in [-0.05, 0) is 68.0 Å². The number of likely N-dealkylation sites (N-methyl/N-ethyl adjacent to an activating group) is 1. The molecular formula is C19H37N3O6. The Morgan fingerprint density at radius 3 is 2.04 bits per heavy atom. The molecule has 1 fully saturated rings. The van der Waals surface area contributed by atoms with E-state index in [2.05, 4.69) is 15.0 Å². The maximum absolute atomic E-state index is 11.6. The highest BCUT2D eigenvalue weighted by molar-refractivity contribution is 5.77. The van der Waals surface area contributed by atoms with E-state index in [1.807, 2.05) is 27.8 Å². The molecule has 0 aromatic heterocycles. The molecule has 1 aliphatic heterocycles. The average Bonchev–Trinajstić information content (AvgIpc) is 2.95. The first-order chi connectivity index (χ1) is 12.7. The van der Waals surface area contributed by atoms with Crippen LogP contribution in [0.3, 0.4) is 0 Å². The Bertz CT molecular complexity index is 525. The van der Waals surface area contributed by atoms with Crippen LogP contribution in [0.25, 0.3) is 0 Å². The molecule has 1 heterocycles. The molecular weight excluding hydrogens is 366 g/mol. The zero-order valence-electron chi connectivity index (χ0n) is 18.5. The third-order valence-electron chi connectivity index (χ3n) is 3.57. The minimum absolute atomic E-state index is 0.0123. The van der Waals surface area contributed by atoms with Crippen LogP contribution in [-0.2, 0) is 23.8 Å². The highest BCUT2D eigenvalue weighted by Gasteiger charge is 2.31. The summed E-state index contributed by atoms with van der Waals surface area (Å²) in [6.45, 7) is 11.9. The molecule has 0 saturated carbocycles. The van der Waals surface area contributed by atoms with Crippen LogP contribution < -0.4 is 11.1 Å². The lowest BCUT2D eigenvalue weighted by Gasteiger charge is -2.24. The summed E-state index contributed by atoms with van der Waals surface area (Å²) in [6.07, 6.45) is 1.42. The second kappa shape index (κ2) is 11.2. The van der Waals surface area contributed by atoms with Gasteiger partial charge in [-0.25, -0.2) is 4.79 Å². The van der Waals surface area contributed by atoms with Crippen molar-refractivity contribution in [3.63, 3.8) is 0 Å². The van der Waals surface area contributed by atoms with E-state index in [0.29, 0.717) is 0 Å². The second-order valence-electron chi connectivity index (χ2n) is 8.68. The number of hydrogen-bond acceptors (Lipinski definition) is 8. The smallest absolute Gasteiger partial charge is 0.407 e. The molecule has 1 amide bonds. The van der Waals surface area contributed by atoms with Crippen molar-refractivity contribution in [3.8, 4) is 0 Å². The number of rotatable bonds is 4. The number of nitrogens with one attached hydrogen (secondary N) is 1. The predicted octanol–water partition coefficient (Wildman–Crippen LogP) is 1.43. The first kappa shape index (κ1) is 26.1. The van der Waals surface area contributed by atoms with Crippen LogP contribution in [-0.4, -0.2) is 73.5 Å². The molecule has 164 valence electrons. The number of hydrogen-bond donors (Lipinski definition) is 2. The van der Waals surface area contributed by atoms with E-state index in [9.17, 15) is 14.4 Å². The molecule has 9 nitrogen and oxygen atoms in total. The standard InChI is InChI=1S/C10H19NO2.C9H18N2O4/c1-10(2,3)13-9(12)8-6-5-7-11(8)4;1-9(2,3)15-8(13)11-5-6(10)7(12)14-4/h8H,5-7H2,1-4H3;6H,5,10H2,1-4H3,(H,11,13). The fraction of sp³-hybridized carbons (Fsp3) is 0.842. The van der Waals surface area contributed by atoms with Gasteiger partial charge in [0.1, 0.15) is 23.3 Å². The van der Waals surface area contributed by atoms with Crippen molar-refractivity contribution < 1.29 is 28.6 Å². The first-order valence-electron chi connectivity index (χ1n) is 9.39. The van der Waals surface area contributed by atoms with Crippen molar-refractivity contribution in [2.45, 2.75) is 77.7 Å². The SMILES string of the molecule is CN1CCCC1C(=O)OC(C)(C)C.COC(=O)C(N)CNC(=O)OC(C)(C)C. The molecule has 9 heteroatoms. The van der Waals surface area contributed by atoms with Crippen molar-refractivity contribution >= 4 is 18.0 Å². The van der Waals surface area contributed by atoms with Gasteiger partial charge in [-0.15, -0.1) is 0 Å². The van der Waals surface area contributed by atoms with E-state index in [4.69, 9.17) is 15.2 Å². The zero-order valence-corrected chi connectivity index (χ0v) is 18.5. The summed E-state index contributed by atoms with van der Waals surface area (Å²) in [4.78, 5) is 35.7. The Kier molecular flexibility index (Phi) is 10.5. The number of nitrogens with two attached hydrogens (primary N) is 1. The number of nitrogens with zero attached hydrogens (tertiary/aromatic N) is 1. The molecule has 0 aromatic rings. The third kappa shape index (κ3) is 11.8. The van der Waals surface area contributed by atoms with Crippen molar-refractivity contribution in [2.75, 3.05) is 27.2 Å². The number of carbonyl (C=O) groups excluding carboxylic acids is 3. The number of ether oxygens (including phenoxy) is 3. The summed E-state index contributed by atoms with van der Waals surface area (Å²) >= 11 is 0. The summed E-state index contributed by atoms with van der Waals surface area (Å²) < 4.78 is 14.6. The van der Waals surface area contributed by atoms with Gasteiger partial charge in [0.25, 0.3) is 0 Å². The van der Waals surface area contributed by atoms with Gasteiger partial charge in [0.15, 0.2) is 0 Å². The highest BCUT2D eigenvalue weighted by atomic mass is 16.6. The largest absolute Gasteiger partial charge is 0.468 e. The Balaban J connectivity index is 0.000000525. The molecule has 0 spiro atoms. The van der Waals surface area contributed by atoms with E-state index in [0.717, 1.165) is 19.4 Å². The number of alkyl carbamates (subject to hydrolysis) is 1. The van der Waals surface area contributed by atoms with E-state index in [-0.39, 0.29) is 24.2 Å². The number of likely N-dealkylation sites (tertiary alicyclic amines) is 1.